The van der Waals surface area contributed by atoms with Gasteiger partial charge in [0.2, 0.25) is 5.88 Å². The van der Waals surface area contributed by atoms with Crippen molar-refractivity contribution in [2.24, 2.45) is 0 Å². The summed E-state index contributed by atoms with van der Waals surface area (Å²) in [5, 5.41) is 2.54. The molecule has 116 valence electrons. The highest BCUT2D eigenvalue weighted by molar-refractivity contribution is 6.04. The molecule has 0 radical (unpaired) electrons. The van der Waals surface area contributed by atoms with E-state index in [0.29, 0.717) is 0 Å². The van der Waals surface area contributed by atoms with Crippen molar-refractivity contribution in [3.63, 3.8) is 0 Å². The fourth-order valence-corrected chi connectivity index (χ4v) is 1.69. The second kappa shape index (κ2) is 6.70. The zero-order valence-electron chi connectivity index (χ0n) is 12.2. The summed E-state index contributed by atoms with van der Waals surface area (Å²) in [5.74, 6) is -0.974. The third-order valence-corrected chi connectivity index (χ3v) is 2.77. The van der Waals surface area contributed by atoms with Crippen LogP contribution in [0, 0.1) is 5.82 Å². The first-order valence-corrected chi connectivity index (χ1v) is 6.19. The molecule has 8 heteroatoms. The Hall–Kier alpha value is -2.90. The van der Waals surface area contributed by atoms with E-state index >= 15 is 0 Å². The first kappa shape index (κ1) is 15.5. The van der Waals surface area contributed by atoms with E-state index in [1.54, 1.807) is 0 Å². The summed E-state index contributed by atoms with van der Waals surface area (Å²) < 4.78 is 28.3. The predicted molar refractivity (Wildman–Crippen MR) is 76.0 cm³/mol. The number of amides is 1. The Bertz CT molecular complexity index is 694. The van der Waals surface area contributed by atoms with Crippen LogP contribution in [0.3, 0.4) is 0 Å². The number of methoxy groups -OCH3 is 3. The van der Waals surface area contributed by atoms with E-state index in [1.807, 2.05) is 0 Å². The van der Waals surface area contributed by atoms with E-state index in [-0.39, 0.29) is 28.9 Å². The summed E-state index contributed by atoms with van der Waals surface area (Å²) in [6, 6.07) is 3.98. The summed E-state index contributed by atoms with van der Waals surface area (Å²) in [7, 11) is 4.15. The van der Waals surface area contributed by atoms with Gasteiger partial charge in [0.25, 0.3) is 5.91 Å². The monoisotopic (exact) mass is 307 g/mol. The van der Waals surface area contributed by atoms with Crippen molar-refractivity contribution in [3.8, 4) is 17.6 Å². The third kappa shape index (κ3) is 3.22. The molecule has 0 fully saturated rings. The second-order valence-electron chi connectivity index (χ2n) is 4.08. The number of aromatic nitrogens is 2. The van der Waals surface area contributed by atoms with Crippen molar-refractivity contribution in [1.82, 2.24) is 9.97 Å². The topological polar surface area (TPSA) is 82.6 Å². The second-order valence-corrected chi connectivity index (χ2v) is 4.08. The molecule has 0 bridgehead atoms. The van der Waals surface area contributed by atoms with Crippen molar-refractivity contribution in [3.05, 3.63) is 35.8 Å². The molecule has 0 aliphatic heterocycles. The van der Waals surface area contributed by atoms with Gasteiger partial charge in [0.05, 0.1) is 27.5 Å². The first-order chi connectivity index (χ1) is 10.6. The van der Waals surface area contributed by atoms with Gasteiger partial charge in [-0.1, -0.05) is 0 Å². The van der Waals surface area contributed by atoms with Crippen molar-refractivity contribution in [2.75, 3.05) is 26.6 Å². The van der Waals surface area contributed by atoms with Crippen LogP contribution in [-0.2, 0) is 0 Å². The van der Waals surface area contributed by atoms with Gasteiger partial charge in [-0.15, -0.1) is 0 Å². The molecule has 1 heterocycles. The number of halogens is 1. The van der Waals surface area contributed by atoms with E-state index in [0.717, 1.165) is 6.07 Å². The number of carbonyl (C=O) groups excluding carboxylic acids is 1. The molecular formula is C14H14FN3O4. The molecule has 0 spiro atoms. The van der Waals surface area contributed by atoms with Gasteiger partial charge < -0.3 is 19.5 Å². The summed E-state index contributed by atoms with van der Waals surface area (Å²) in [6.07, 6.45) is 1.34. The number of hydrogen-bond acceptors (Lipinski definition) is 6. The lowest BCUT2D eigenvalue weighted by molar-refractivity contribution is 0.102. The number of ether oxygens (including phenoxy) is 3. The lowest BCUT2D eigenvalue weighted by atomic mass is 10.2. The quantitative estimate of drug-likeness (QED) is 0.908. The maximum absolute atomic E-state index is 13.6. The SMILES string of the molecule is COc1ncc(NC(=O)c2ccc(OC)c(F)c2)c(OC)n1. The number of rotatable bonds is 5. The predicted octanol–water partition coefficient (Wildman–Crippen LogP) is 1.89. The standard InChI is InChI=1S/C14H14FN3O4/c1-20-11-5-4-8(6-9(11)15)12(19)17-10-7-16-14(22-3)18-13(10)21-2/h4-7H,1-3H3,(H,17,19). The van der Waals surface area contributed by atoms with Gasteiger partial charge in [0.15, 0.2) is 11.6 Å². The lowest BCUT2D eigenvalue weighted by Gasteiger charge is -2.10. The zero-order valence-corrected chi connectivity index (χ0v) is 12.2. The minimum absolute atomic E-state index is 0.0573. The Kier molecular flexibility index (Phi) is 4.72. The molecule has 0 aliphatic carbocycles. The summed E-state index contributed by atoms with van der Waals surface area (Å²) >= 11 is 0. The maximum Gasteiger partial charge on any atom is 0.319 e. The number of hydrogen-bond donors (Lipinski definition) is 1. The highest BCUT2D eigenvalue weighted by atomic mass is 19.1. The largest absolute Gasteiger partial charge is 0.494 e. The average molecular weight is 307 g/mol. The zero-order chi connectivity index (χ0) is 16.1. The Morgan fingerprint density at radius 3 is 2.55 bits per heavy atom. The van der Waals surface area contributed by atoms with Crippen LogP contribution in [0.25, 0.3) is 0 Å². The number of nitrogens with one attached hydrogen (secondary N) is 1. The van der Waals surface area contributed by atoms with Crippen molar-refractivity contribution >= 4 is 11.6 Å². The van der Waals surface area contributed by atoms with E-state index in [1.165, 1.54) is 39.7 Å². The molecule has 1 N–H and O–H groups in total. The van der Waals surface area contributed by atoms with Gasteiger partial charge in [-0.25, -0.2) is 9.37 Å². The van der Waals surface area contributed by atoms with Gasteiger partial charge in [0, 0.05) is 5.56 Å². The van der Waals surface area contributed by atoms with E-state index in [2.05, 4.69) is 15.3 Å². The Labute approximate surface area is 126 Å². The first-order valence-electron chi connectivity index (χ1n) is 6.19. The highest BCUT2D eigenvalue weighted by Crippen LogP contribution is 2.24. The minimum atomic E-state index is -0.631. The van der Waals surface area contributed by atoms with Gasteiger partial charge in [-0.2, -0.15) is 4.98 Å². The van der Waals surface area contributed by atoms with E-state index < -0.39 is 11.7 Å². The molecule has 0 saturated carbocycles. The third-order valence-electron chi connectivity index (χ3n) is 2.77. The fourth-order valence-electron chi connectivity index (χ4n) is 1.69. The van der Waals surface area contributed by atoms with Crippen molar-refractivity contribution in [1.29, 1.82) is 0 Å². The molecule has 1 aromatic heterocycles. The number of carbonyl (C=O) groups is 1. The summed E-state index contributed by atoms with van der Waals surface area (Å²) in [6.45, 7) is 0. The van der Waals surface area contributed by atoms with Crippen LogP contribution >= 0.6 is 0 Å². The van der Waals surface area contributed by atoms with E-state index in [9.17, 15) is 9.18 Å². The van der Waals surface area contributed by atoms with Crippen LogP contribution in [0.2, 0.25) is 0 Å². The molecule has 0 atom stereocenters. The summed E-state index contributed by atoms with van der Waals surface area (Å²) in [4.78, 5) is 19.9. The maximum atomic E-state index is 13.6. The van der Waals surface area contributed by atoms with Crippen molar-refractivity contribution in [2.45, 2.75) is 0 Å². The lowest BCUT2D eigenvalue weighted by Crippen LogP contribution is -2.14. The van der Waals surface area contributed by atoms with Gasteiger partial charge >= 0.3 is 6.01 Å². The summed E-state index contributed by atoms with van der Waals surface area (Å²) in [5.41, 5.74) is 0.362. The normalized spacial score (nSPS) is 10.0. The molecule has 0 unspecified atom stereocenters. The van der Waals surface area contributed by atoms with Gasteiger partial charge in [0.1, 0.15) is 5.69 Å². The smallest absolute Gasteiger partial charge is 0.319 e. The Balaban J connectivity index is 2.23. The molecule has 22 heavy (non-hydrogen) atoms. The number of nitrogens with zero attached hydrogens (tertiary/aromatic N) is 2. The molecule has 7 nitrogen and oxygen atoms in total. The number of benzene rings is 1. The van der Waals surface area contributed by atoms with Crippen LogP contribution in [0.15, 0.2) is 24.4 Å². The van der Waals surface area contributed by atoms with Crippen LogP contribution in [-0.4, -0.2) is 37.2 Å². The molecular weight excluding hydrogens is 293 g/mol. The van der Waals surface area contributed by atoms with Gasteiger partial charge in [-0.3, -0.25) is 4.79 Å². The highest BCUT2D eigenvalue weighted by Gasteiger charge is 2.14. The van der Waals surface area contributed by atoms with Crippen LogP contribution in [0.1, 0.15) is 10.4 Å². The average Bonchev–Trinajstić information content (AvgIpc) is 2.55. The molecule has 2 aromatic rings. The molecule has 1 aromatic carbocycles. The van der Waals surface area contributed by atoms with Crippen LogP contribution < -0.4 is 19.5 Å². The van der Waals surface area contributed by atoms with E-state index in [4.69, 9.17) is 14.2 Å². The molecule has 1 amide bonds. The Morgan fingerprint density at radius 1 is 1.18 bits per heavy atom. The minimum Gasteiger partial charge on any atom is -0.494 e. The van der Waals surface area contributed by atoms with Crippen LogP contribution in [0.5, 0.6) is 17.6 Å². The number of anilines is 1. The molecule has 2 rings (SSSR count). The van der Waals surface area contributed by atoms with Crippen molar-refractivity contribution < 1.29 is 23.4 Å². The molecule has 0 aliphatic rings. The molecule has 0 saturated heterocycles. The fraction of sp³-hybridized carbons (Fsp3) is 0.214. The van der Waals surface area contributed by atoms with Crippen LogP contribution in [0.4, 0.5) is 10.1 Å². The van der Waals surface area contributed by atoms with Gasteiger partial charge in [-0.05, 0) is 18.2 Å². The Morgan fingerprint density at radius 2 is 1.95 bits per heavy atom.